The SMILES string of the molecule is COc1cccc2c1CCNC2c1ccccn1. The molecule has 0 fully saturated rings. The summed E-state index contributed by atoms with van der Waals surface area (Å²) in [6, 6.07) is 12.4. The first-order valence-corrected chi connectivity index (χ1v) is 6.20. The van der Waals surface area contributed by atoms with Gasteiger partial charge in [-0.2, -0.15) is 0 Å². The van der Waals surface area contributed by atoms with Crippen molar-refractivity contribution in [1.29, 1.82) is 0 Å². The number of nitrogens with zero attached hydrogens (tertiary/aromatic N) is 1. The largest absolute Gasteiger partial charge is 0.496 e. The van der Waals surface area contributed by atoms with E-state index in [1.165, 1.54) is 11.1 Å². The van der Waals surface area contributed by atoms with Crippen molar-refractivity contribution in [3.05, 3.63) is 59.4 Å². The molecule has 0 spiro atoms. The summed E-state index contributed by atoms with van der Waals surface area (Å²) in [5.74, 6) is 0.981. The van der Waals surface area contributed by atoms with Gasteiger partial charge in [-0.15, -0.1) is 0 Å². The van der Waals surface area contributed by atoms with Crippen LogP contribution < -0.4 is 10.1 Å². The van der Waals surface area contributed by atoms with E-state index in [1.54, 1.807) is 7.11 Å². The average Bonchev–Trinajstić information content (AvgIpc) is 2.47. The highest BCUT2D eigenvalue weighted by Crippen LogP contribution is 2.32. The van der Waals surface area contributed by atoms with Crippen LogP contribution in [0.25, 0.3) is 0 Å². The summed E-state index contributed by atoms with van der Waals surface area (Å²) >= 11 is 0. The molecule has 92 valence electrons. The Hall–Kier alpha value is -1.87. The van der Waals surface area contributed by atoms with Gasteiger partial charge in [0.2, 0.25) is 0 Å². The zero-order valence-corrected chi connectivity index (χ0v) is 10.4. The smallest absolute Gasteiger partial charge is 0.122 e. The molecule has 1 atom stereocenters. The summed E-state index contributed by atoms with van der Waals surface area (Å²) in [7, 11) is 1.73. The van der Waals surface area contributed by atoms with Crippen LogP contribution in [0, 0.1) is 0 Å². The van der Waals surface area contributed by atoms with E-state index in [4.69, 9.17) is 4.74 Å². The summed E-state index contributed by atoms with van der Waals surface area (Å²) in [5, 5.41) is 3.52. The lowest BCUT2D eigenvalue weighted by Crippen LogP contribution is -2.31. The van der Waals surface area contributed by atoms with Crippen molar-refractivity contribution in [1.82, 2.24) is 10.3 Å². The number of rotatable bonds is 2. The molecule has 0 bridgehead atoms. The summed E-state index contributed by atoms with van der Waals surface area (Å²) in [6.45, 7) is 0.953. The molecule has 18 heavy (non-hydrogen) atoms. The van der Waals surface area contributed by atoms with Crippen LogP contribution in [0.2, 0.25) is 0 Å². The summed E-state index contributed by atoms with van der Waals surface area (Å²) in [5.41, 5.74) is 3.64. The van der Waals surface area contributed by atoms with E-state index < -0.39 is 0 Å². The molecular formula is C15H16N2O. The van der Waals surface area contributed by atoms with E-state index >= 15 is 0 Å². The monoisotopic (exact) mass is 240 g/mol. The zero-order chi connectivity index (χ0) is 12.4. The van der Waals surface area contributed by atoms with Crippen molar-refractivity contribution in [2.75, 3.05) is 13.7 Å². The lowest BCUT2D eigenvalue weighted by atomic mass is 9.91. The number of aromatic nitrogens is 1. The van der Waals surface area contributed by atoms with Gasteiger partial charge >= 0.3 is 0 Å². The number of methoxy groups -OCH3 is 1. The molecule has 1 aliphatic rings. The number of fused-ring (bicyclic) bond motifs is 1. The van der Waals surface area contributed by atoms with Crippen LogP contribution in [0.5, 0.6) is 5.75 Å². The Morgan fingerprint density at radius 2 is 2.17 bits per heavy atom. The van der Waals surface area contributed by atoms with E-state index in [0.717, 1.165) is 24.4 Å². The van der Waals surface area contributed by atoms with Crippen LogP contribution in [0.3, 0.4) is 0 Å². The first-order valence-electron chi connectivity index (χ1n) is 6.20. The molecule has 1 aliphatic heterocycles. The van der Waals surface area contributed by atoms with Gasteiger partial charge in [-0.05, 0) is 30.2 Å². The third kappa shape index (κ3) is 1.87. The van der Waals surface area contributed by atoms with E-state index in [1.807, 2.05) is 30.5 Å². The van der Waals surface area contributed by atoms with Gasteiger partial charge in [0.05, 0.1) is 18.8 Å². The molecule has 2 heterocycles. The molecule has 3 rings (SSSR count). The number of benzene rings is 1. The second kappa shape index (κ2) is 4.78. The Bertz CT molecular complexity index is 539. The fraction of sp³-hybridized carbons (Fsp3) is 0.267. The second-order valence-corrected chi connectivity index (χ2v) is 4.42. The lowest BCUT2D eigenvalue weighted by Gasteiger charge is -2.27. The highest BCUT2D eigenvalue weighted by atomic mass is 16.5. The maximum Gasteiger partial charge on any atom is 0.122 e. The van der Waals surface area contributed by atoms with Gasteiger partial charge in [0.15, 0.2) is 0 Å². The Labute approximate surface area is 107 Å². The quantitative estimate of drug-likeness (QED) is 0.874. The van der Waals surface area contributed by atoms with Crippen LogP contribution in [0.15, 0.2) is 42.6 Å². The van der Waals surface area contributed by atoms with Crippen LogP contribution in [0.1, 0.15) is 22.9 Å². The second-order valence-electron chi connectivity index (χ2n) is 4.42. The average molecular weight is 240 g/mol. The lowest BCUT2D eigenvalue weighted by molar-refractivity contribution is 0.403. The van der Waals surface area contributed by atoms with Crippen molar-refractivity contribution < 1.29 is 4.74 Å². The molecule has 1 aromatic carbocycles. The topological polar surface area (TPSA) is 34.1 Å². The van der Waals surface area contributed by atoms with E-state index in [-0.39, 0.29) is 6.04 Å². The molecule has 1 N–H and O–H groups in total. The minimum Gasteiger partial charge on any atom is -0.496 e. The first-order chi connectivity index (χ1) is 8.90. The van der Waals surface area contributed by atoms with E-state index in [0.29, 0.717) is 0 Å². The number of ether oxygens (including phenoxy) is 1. The number of nitrogens with one attached hydrogen (secondary N) is 1. The Kier molecular flexibility index (Phi) is 2.99. The molecule has 0 radical (unpaired) electrons. The summed E-state index contributed by atoms with van der Waals surface area (Å²) in [4.78, 5) is 4.45. The molecular weight excluding hydrogens is 224 g/mol. The van der Waals surface area contributed by atoms with Crippen molar-refractivity contribution >= 4 is 0 Å². The molecule has 1 aromatic heterocycles. The third-order valence-corrected chi connectivity index (χ3v) is 3.41. The van der Waals surface area contributed by atoms with Gasteiger partial charge in [-0.1, -0.05) is 18.2 Å². The summed E-state index contributed by atoms with van der Waals surface area (Å²) in [6.07, 6.45) is 2.84. The highest BCUT2D eigenvalue weighted by Gasteiger charge is 2.24. The van der Waals surface area contributed by atoms with E-state index in [2.05, 4.69) is 22.4 Å². The molecule has 0 saturated carbocycles. The highest BCUT2D eigenvalue weighted by molar-refractivity contribution is 5.46. The number of hydrogen-bond acceptors (Lipinski definition) is 3. The minimum atomic E-state index is 0.171. The van der Waals surface area contributed by atoms with Crippen molar-refractivity contribution in [2.24, 2.45) is 0 Å². The molecule has 3 heteroatoms. The van der Waals surface area contributed by atoms with Crippen molar-refractivity contribution in [3.63, 3.8) is 0 Å². The van der Waals surface area contributed by atoms with Crippen molar-refractivity contribution in [2.45, 2.75) is 12.5 Å². The molecule has 2 aromatic rings. The van der Waals surface area contributed by atoms with Gasteiger partial charge < -0.3 is 10.1 Å². The predicted molar refractivity (Wildman–Crippen MR) is 70.8 cm³/mol. The fourth-order valence-electron chi connectivity index (χ4n) is 2.57. The minimum absolute atomic E-state index is 0.171. The molecule has 0 amide bonds. The predicted octanol–water partition coefficient (Wildman–Crippen LogP) is 2.33. The number of hydrogen-bond donors (Lipinski definition) is 1. The Balaban J connectivity index is 2.07. The van der Waals surface area contributed by atoms with Gasteiger partial charge in [-0.25, -0.2) is 0 Å². The fourth-order valence-corrected chi connectivity index (χ4v) is 2.57. The zero-order valence-electron chi connectivity index (χ0n) is 10.4. The third-order valence-electron chi connectivity index (χ3n) is 3.41. The van der Waals surface area contributed by atoms with Crippen LogP contribution in [-0.2, 0) is 6.42 Å². The molecule has 0 aliphatic carbocycles. The maximum absolute atomic E-state index is 5.45. The van der Waals surface area contributed by atoms with E-state index in [9.17, 15) is 0 Å². The van der Waals surface area contributed by atoms with Crippen molar-refractivity contribution in [3.8, 4) is 5.75 Å². The maximum atomic E-state index is 5.45. The normalized spacial score (nSPS) is 18.2. The molecule has 3 nitrogen and oxygen atoms in total. The summed E-state index contributed by atoms with van der Waals surface area (Å²) < 4.78 is 5.45. The van der Waals surface area contributed by atoms with Gasteiger partial charge in [0, 0.05) is 18.3 Å². The Morgan fingerprint density at radius 3 is 2.94 bits per heavy atom. The molecule has 0 saturated heterocycles. The van der Waals surface area contributed by atoms with Gasteiger partial charge in [0.1, 0.15) is 5.75 Å². The standard InChI is InChI=1S/C15H16N2O/c1-18-14-7-4-5-12-11(14)8-10-17-15(12)13-6-2-3-9-16-13/h2-7,9,15,17H,8,10H2,1H3. The molecule has 1 unspecified atom stereocenters. The van der Waals surface area contributed by atoms with Gasteiger partial charge in [-0.3, -0.25) is 4.98 Å². The first kappa shape index (κ1) is 11.2. The Morgan fingerprint density at radius 1 is 1.22 bits per heavy atom. The van der Waals surface area contributed by atoms with Crippen LogP contribution in [-0.4, -0.2) is 18.6 Å². The van der Waals surface area contributed by atoms with Crippen LogP contribution >= 0.6 is 0 Å². The van der Waals surface area contributed by atoms with Crippen LogP contribution in [0.4, 0.5) is 0 Å². The van der Waals surface area contributed by atoms with Gasteiger partial charge in [0.25, 0.3) is 0 Å². The number of pyridine rings is 1.